The Morgan fingerprint density at radius 3 is 1.55 bits per heavy atom. The van der Waals surface area contributed by atoms with Crippen molar-refractivity contribution in [1.29, 1.82) is 0 Å². The van der Waals surface area contributed by atoms with Crippen LogP contribution < -0.4 is 26.6 Å². The molecule has 6 N–H and O–H groups in total. The van der Waals surface area contributed by atoms with E-state index < -0.39 is 185 Å². The number of rotatable bonds is 43. The van der Waals surface area contributed by atoms with E-state index in [0.717, 1.165) is 26.5 Å². The molecular weight excluding hydrogens is 1510 g/mol. The highest BCUT2D eigenvalue weighted by molar-refractivity contribution is 8.00. The first-order valence-corrected chi connectivity index (χ1v) is 41.7. The standard InChI is InChI=1S/C86H133ClN12O15S/c1-25-27-37-56(13)74(102)73(78(106)91-63(26-2)80(108)93(17)49-69(100)90-64(85(112)113-24)50-115-86(60-38-31-28-32-39-60,61-40-33-29-34-41-61)62-42-35-30-36-43-62)99(23)83(111)72(55(11)12)98(22)81(109)67-47-57(14)114-84(97(67)21)68(46-53(7)8)96(20)79(107)59(16)89-75(103)58(15)88-76(104)66(45-52(5)6)95(19)82(110)71(54(9)10)92-77(105)65(44-51(3)4)94(18)70(101)48-87/h25,27-36,38-43,51-59,63-68,71-74,84,102H,26,37,44-50H2,1-24H3,(H,88,104)(H,89,103)(H,90,100)(H,91,106)(H,92,105)/b27-25+/t56-,57?,58+,59?,63?,64?,65?,66?,67+,68+,71+,72?,73+,74?,84?/m1/s1. The Hall–Kier alpha value is -8.44. The summed E-state index contributed by atoms with van der Waals surface area (Å²) < 4.78 is 11.0. The van der Waals surface area contributed by atoms with Gasteiger partial charge in [-0.15, -0.1) is 23.4 Å². The zero-order chi connectivity index (χ0) is 86.8. The molecule has 15 atom stereocenters. The summed E-state index contributed by atoms with van der Waals surface area (Å²) in [7, 11) is 11.7. The number of amides is 11. The predicted molar refractivity (Wildman–Crippen MR) is 449 cm³/mol. The Morgan fingerprint density at radius 1 is 0.591 bits per heavy atom. The molecule has 11 amide bonds. The fourth-order valence-electron chi connectivity index (χ4n) is 14.7. The summed E-state index contributed by atoms with van der Waals surface area (Å²) in [6, 6.07) is 17.0. The molecule has 0 aromatic heterocycles. The molecular formula is C86H133ClN12O15S. The van der Waals surface area contributed by atoms with Crippen LogP contribution in [0.3, 0.4) is 0 Å². The second kappa shape index (κ2) is 46.5. The van der Waals surface area contributed by atoms with E-state index in [1.807, 2.05) is 146 Å². The van der Waals surface area contributed by atoms with Crippen molar-refractivity contribution in [3.8, 4) is 0 Å². The molecule has 0 spiro atoms. The average Bonchev–Trinajstić information content (AvgIpc) is 0.748. The molecule has 27 nitrogen and oxygen atoms in total. The van der Waals surface area contributed by atoms with Gasteiger partial charge in [-0.3, -0.25) is 57.6 Å². The third kappa shape index (κ3) is 26.8. The van der Waals surface area contributed by atoms with E-state index in [1.165, 1.54) is 87.6 Å². The zero-order valence-electron chi connectivity index (χ0n) is 72.3. The highest BCUT2D eigenvalue weighted by Gasteiger charge is 2.49. The Kier molecular flexibility index (Phi) is 40.0. The monoisotopic (exact) mass is 1640 g/mol. The van der Waals surface area contributed by atoms with Gasteiger partial charge in [-0.05, 0) is 125 Å². The van der Waals surface area contributed by atoms with E-state index in [1.54, 1.807) is 73.5 Å². The van der Waals surface area contributed by atoms with Gasteiger partial charge >= 0.3 is 5.97 Å². The maximum Gasteiger partial charge on any atom is 0.329 e. The number of nitrogens with zero attached hydrogens (tertiary/aromatic N) is 7. The molecule has 9 unspecified atom stereocenters. The number of ether oxygens (including phenoxy) is 2. The largest absolute Gasteiger partial charge is 0.467 e. The van der Waals surface area contributed by atoms with Crippen molar-refractivity contribution in [2.24, 2.45) is 35.5 Å². The topological polar surface area (TPSA) is 326 Å². The van der Waals surface area contributed by atoms with Crippen molar-refractivity contribution in [1.82, 2.24) is 60.9 Å². The summed E-state index contributed by atoms with van der Waals surface area (Å²) in [5.74, 6) is -9.64. The first kappa shape index (κ1) is 98.9. The zero-order valence-corrected chi connectivity index (χ0v) is 73.9. The Labute approximate surface area is 692 Å². The summed E-state index contributed by atoms with van der Waals surface area (Å²) in [4.78, 5) is 182. The summed E-state index contributed by atoms with van der Waals surface area (Å²) in [6.45, 7) is 27.9. The van der Waals surface area contributed by atoms with Gasteiger partial charge in [0.25, 0.3) is 0 Å². The number of carbonyl (C=O) groups excluding carboxylic acids is 12. The van der Waals surface area contributed by atoms with Crippen LogP contribution in [0, 0.1) is 35.5 Å². The maximum absolute atomic E-state index is 15.4. The highest BCUT2D eigenvalue weighted by Crippen LogP contribution is 2.49. The highest BCUT2D eigenvalue weighted by atomic mass is 35.5. The number of thioether (sulfide) groups is 1. The molecule has 4 rings (SSSR count). The van der Waals surface area contributed by atoms with E-state index in [-0.39, 0.29) is 48.6 Å². The van der Waals surface area contributed by atoms with Crippen LogP contribution in [-0.2, 0) is 71.8 Å². The fourth-order valence-corrected chi connectivity index (χ4v) is 16.4. The average molecular weight is 1640 g/mol. The Balaban J connectivity index is 1.55. The van der Waals surface area contributed by atoms with Crippen LogP contribution in [0.2, 0.25) is 0 Å². The maximum atomic E-state index is 15.4. The number of allylic oxidation sites excluding steroid dienone is 2. The molecule has 3 aromatic rings. The third-order valence-electron chi connectivity index (χ3n) is 21.4. The van der Waals surface area contributed by atoms with Gasteiger partial charge in [-0.1, -0.05) is 186 Å². The summed E-state index contributed by atoms with van der Waals surface area (Å²) in [5, 5.41) is 26.2. The summed E-state index contributed by atoms with van der Waals surface area (Å²) in [5.41, 5.74) is 2.79. The van der Waals surface area contributed by atoms with Crippen LogP contribution in [0.4, 0.5) is 0 Å². The van der Waals surface area contributed by atoms with Crippen LogP contribution in [0.5, 0.6) is 0 Å². The van der Waals surface area contributed by atoms with Crippen molar-refractivity contribution in [3.05, 3.63) is 120 Å². The quantitative estimate of drug-likeness (QED) is 0.0139. The van der Waals surface area contributed by atoms with Gasteiger partial charge in [0.15, 0.2) is 0 Å². The van der Waals surface area contributed by atoms with Crippen molar-refractivity contribution in [2.75, 3.05) is 74.6 Å². The number of carbonyl (C=O) groups is 12. The molecule has 1 saturated heterocycles. The van der Waals surface area contributed by atoms with Gasteiger partial charge in [-0.2, -0.15) is 0 Å². The lowest BCUT2D eigenvalue weighted by molar-refractivity contribution is -0.191. The number of hydrogen-bond donors (Lipinski definition) is 6. The molecule has 1 heterocycles. The minimum absolute atomic E-state index is 0.00530. The van der Waals surface area contributed by atoms with Crippen molar-refractivity contribution < 1.29 is 72.1 Å². The van der Waals surface area contributed by atoms with Crippen LogP contribution in [0.1, 0.15) is 166 Å². The second-order valence-electron chi connectivity index (χ2n) is 32.7. The van der Waals surface area contributed by atoms with Crippen LogP contribution in [0.25, 0.3) is 0 Å². The number of methoxy groups -OCH3 is 1. The first-order chi connectivity index (χ1) is 54.0. The van der Waals surface area contributed by atoms with Crippen LogP contribution in [0.15, 0.2) is 103 Å². The minimum Gasteiger partial charge on any atom is -0.467 e. The van der Waals surface area contributed by atoms with Crippen LogP contribution >= 0.6 is 23.4 Å². The second-order valence-corrected chi connectivity index (χ2v) is 34.2. The summed E-state index contributed by atoms with van der Waals surface area (Å²) >= 11 is 7.31. The number of aliphatic hydroxyl groups excluding tert-OH is 1. The number of hydrogen-bond acceptors (Lipinski definition) is 17. The molecule has 0 aliphatic carbocycles. The Morgan fingerprint density at radius 2 is 1.09 bits per heavy atom. The van der Waals surface area contributed by atoms with Gasteiger partial charge in [0.1, 0.15) is 66.5 Å². The van der Waals surface area contributed by atoms with E-state index in [0.29, 0.717) is 19.3 Å². The number of benzene rings is 3. The Bertz CT molecular complexity index is 3630. The van der Waals surface area contributed by atoms with E-state index in [9.17, 15) is 48.3 Å². The number of esters is 1. The molecule has 1 aliphatic rings. The van der Waals surface area contributed by atoms with Gasteiger partial charge in [-0.25, -0.2) is 4.79 Å². The van der Waals surface area contributed by atoms with Gasteiger partial charge < -0.3 is 70.6 Å². The minimum atomic E-state index is -1.62. The molecule has 1 aliphatic heterocycles. The normalized spacial score (nSPS) is 17.8. The van der Waals surface area contributed by atoms with E-state index >= 15 is 14.4 Å². The number of halogens is 1. The number of aliphatic hydroxyl groups is 1. The van der Waals surface area contributed by atoms with Gasteiger partial charge in [0.2, 0.25) is 65.0 Å². The SMILES string of the molecule is C/C=C/C[C@@H](C)C(O)[C@@H](C(=O)NC(CC)C(=O)N(C)CC(=O)NC(CSC(c1ccccc1)(c1ccccc1)c1ccccc1)C(=O)OC)N(C)C(=O)C(C(C)C)N(C)C(=O)[C@@H]1CC(C)OC([C@H](CC(C)C)N(C)C(=O)C(C)NC(=O)[C@H](C)NC(=O)C(CC(C)C)N(C)C(=O)[C@@H](NC(=O)C(CC(C)C)N(C)C(=O)CCl)C(C)C)N1C. The first-order valence-electron chi connectivity index (χ1n) is 40.2. The van der Waals surface area contributed by atoms with Crippen molar-refractivity contribution in [2.45, 2.75) is 239 Å². The van der Waals surface area contributed by atoms with Crippen molar-refractivity contribution >= 4 is 94.3 Å². The molecule has 0 saturated carbocycles. The molecule has 3 aromatic carbocycles. The molecule has 1 fully saturated rings. The lowest BCUT2D eigenvalue weighted by Gasteiger charge is -2.49. The van der Waals surface area contributed by atoms with Crippen LogP contribution in [-0.4, -0.2) is 270 Å². The lowest BCUT2D eigenvalue weighted by atomic mass is 9.84. The number of nitrogens with one attached hydrogen (secondary N) is 5. The van der Waals surface area contributed by atoms with Gasteiger partial charge in [0, 0.05) is 48.0 Å². The van der Waals surface area contributed by atoms with Crippen molar-refractivity contribution in [3.63, 3.8) is 0 Å². The van der Waals surface area contributed by atoms with Gasteiger partial charge in [0.05, 0.1) is 42.7 Å². The lowest BCUT2D eigenvalue weighted by Crippen LogP contribution is -2.66. The number of likely N-dealkylation sites (N-methyl/N-ethyl adjacent to an activating group) is 7. The molecule has 29 heteroatoms. The third-order valence-corrected chi connectivity index (χ3v) is 23.3. The molecule has 0 bridgehead atoms. The summed E-state index contributed by atoms with van der Waals surface area (Å²) in [6.07, 6.45) is 1.95. The van der Waals surface area contributed by atoms with E-state index in [2.05, 4.69) is 26.6 Å². The molecule has 115 heavy (non-hydrogen) atoms. The smallest absolute Gasteiger partial charge is 0.329 e. The fraction of sp³-hybridized carbons (Fsp3) is 0.628. The molecule has 0 radical (unpaired) electrons. The predicted octanol–water partition coefficient (Wildman–Crippen LogP) is 7.44. The number of alkyl halides is 1. The molecule has 640 valence electrons. The van der Waals surface area contributed by atoms with E-state index in [4.69, 9.17) is 21.1 Å².